The van der Waals surface area contributed by atoms with Crippen molar-refractivity contribution in [3.8, 4) is 0 Å². The molecule has 0 saturated carbocycles. The molecule has 0 unspecified atom stereocenters. The summed E-state index contributed by atoms with van der Waals surface area (Å²) in [6.45, 7) is 5.46. The Kier molecular flexibility index (Phi) is 5.37. The maximum absolute atomic E-state index is 13.8. The number of halogens is 2. The third-order valence-corrected chi connectivity index (χ3v) is 3.80. The maximum Gasteiger partial charge on any atom is 0.409 e. The SMILES string of the molecule is CCOC(=O)N1CCN(Cc2ccc(Br)cc2F)CC1. The molecule has 2 rings (SSSR count). The summed E-state index contributed by atoms with van der Waals surface area (Å²) in [5, 5.41) is 0. The van der Waals surface area contributed by atoms with Crippen LogP contribution in [0.3, 0.4) is 0 Å². The minimum atomic E-state index is -0.262. The molecule has 6 heteroatoms. The van der Waals surface area contributed by atoms with E-state index in [0.717, 1.165) is 17.6 Å². The average Bonchev–Trinajstić information content (AvgIpc) is 2.43. The molecule has 0 atom stereocenters. The van der Waals surface area contributed by atoms with E-state index >= 15 is 0 Å². The van der Waals surface area contributed by atoms with E-state index in [0.29, 0.717) is 31.8 Å². The maximum atomic E-state index is 13.8. The van der Waals surface area contributed by atoms with Gasteiger partial charge >= 0.3 is 6.09 Å². The lowest BCUT2D eigenvalue weighted by Crippen LogP contribution is -2.48. The van der Waals surface area contributed by atoms with Crippen molar-refractivity contribution in [3.05, 3.63) is 34.1 Å². The van der Waals surface area contributed by atoms with Crippen LogP contribution in [0.25, 0.3) is 0 Å². The van der Waals surface area contributed by atoms with Crippen molar-refractivity contribution >= 4 is 22.0 Å². The molecule has 1 aromatic carbocycles. The summed E-state index contributed by atoms with van der Waals surface area (Å²) in [6.07, 6.45) is -0.262. The molecule has 0 N–H and O–H groups in total. The van der Waals surface area contributed by atoms with Gasteiger partial charge in [0, 0.05) is 42.8 Å². The molecule has 0 aromatic heterocycles. The first kappa shape index (κ1) is 15.3. The normalized spacial score (nSPS) is 16.2. The molecular formula is C14H18BrFN2O2. The van der Waals surface area contributed by atoms with Gasteiger partial charge in [-0.15, -0.1) is 0 Å². The molecule has 0 radical (unpaired) electrons. The Morgan fingerprint density at radius 2 is 2.05 bits per heavy atom. The van der Waals surface area contributed by atoms with Crippen molar-refractivity contribution < 1.29 is 13.9 Å². The largest absolute Gasteiger partial charge is 0.450 e. The Balaban J connectivity index is 1.86. The molecule has 1 aromatic rings. The van der Waals surface area contributed by atoms with Crippen LogP contribution in [0, 0.1) is 5.82 Å². The van der Waals surface area contributed by atoms with Gasteiger partial charge in [-0.25, -0.2) is 9.18 Å². The number of piperazine rings is 1. The summed E-state index contributed by atoms with van der Waals surface area (Å²) in [4.78, 5) is 15.4. The van der Waals surface area contributed by atoms with Crippen LogP contribution in [0.5, 0.6) is 0 Å². The molecule has 0 aliphatic carbocycles. The van der Waals surface area contributed by atoms with Gasteiger partial charge in [0.15, 0.2) is 0 Å². The van der Waals surface area contributed by atoms with Crippen LogP contribution >= 0.6 is 15.9 Å². The van der Waals surface area contributed by atoms with Crippen LogP contribution in [0.1, 0.15) is 12.5 Å². The first-order valence-corrected chi connectivity index (χ1v) is 7.47. The monoisotopic (exact) mass is 344 g/mol. The fourth-order valence-corrected chi connectivity index (χ4v) is 2.53. The number of ether oxygens (including phenoxy) is 1. The highest BCUT2D eigenvalue weighted by molar-refractivity contribution is 9.10. The minimum Gasteiger partial charge on any atom is -0.450 e. The molecule has 1 aliphatic rings. The zero-order chi connectivity index (χ0) is 14.5. The van der Waals surface area contributed by atoms with Crippen molar-refractivity contribution in [2.45, 2.75) is 13.5 Å². The van der Waals surface area contributed by atoms with E-state index in [9.17, 15) is 9.18 Å². The van der Waals surface area contributed by atoms with Gasteiger partial charge in [0.25, 0.3) is 0 Å². The molecule has 0 bridgehead atoms. The quantitative estimate of drug-likeness (QED) is 0.845. The van der Waals surface area contributed by atoms with Crippen molar-refractivity contribution in [2.75, 3.05) is 32.8 Å². The van der Waals surface area contributed by atoms with Crippen molar-refractivity contribution in [3.63, 3.8) is 0 Å². The van der Waals surface area contributed by atoms with Gasteiger partial charge in [-0.3, -0.25) is 4.90 Å². The second kappa shape index (κ2) is 7.04. The Morgan fingerprint density at radius 3 is 2.65 bits per heavy atom. The molecule has 0 spiro atoms. The van der Waals surface area contributed by atoms with E-state index in [1.54, 1.807) is 17.9 Å². The number of benzene rings is 1. The van der Waals surface area contributed by atoms with Gasteiger partial charge in [0.1, 0.15) is 5.82 Å². The number of amides is 1. The number of rotatable bonds is 3. The lowest BCUT2D eigenvalue weighted by molar-refractivity contribution is 0.0775. The molecule has 1 fully saturated rings. The van der Waals surface area contributed by atoms with E-state index in [1.165, 1.54) is 6.07 Å². The summed E-state index contributed by atoms with van der Waals surface area (Å²) in [6, 6.07) is 5.11. The highest BCUT2D eigenvalue weighted by atomic mass is 79.9. The smallest absolute Gasteiger partial charge is 0.409 e. The Labute approximate surface area is 126 Å². The molecule has 1 aliphatic heterocycles. The summed E-state index contributed by atoms with van der Waals surface area (Å²) < 4.78 is 19.5. The van der Waals surface area contributed by atoms with Gasteiger partial charge in [-0.05, 0) is 19.1 Å². The second-order valence-corrected chi connectivity index (χ2v) is 5.61. The van der Waals surface area contributed by atoms with Crippen molar-refractivity contribution in [1.29, 1.82) is 0 Å². The fourth-order valence-electron chi connectivity index (χ4n) is 2.19. The van der Waals surface area contributed by atoms with Gasteiger partial charge in [-0.1, -0.05) is 22.0 Å². The summed E-state index contributed by atoms with van der Waals surface area (Å²) in [7, 11) is 0. The van der Waals surface area contributed by atoms with Gasteiger partial charge in [-0.2, -0.15) is 0 Å². The zero-order valence-electron chi connectivity index (χ0n) is 11.4. The Hall–Kier alpha value is -1.14. The number of hydrogen-bond acceptors (Lipinski definition) is 3. The molecule has 4 nitrogen and oxygen atoms in total. The summed E-state index contributed by atoms with van der Waals surface area (Å²) in [5.41, 5.74) is 0.679. The Bertz CT molecular complexity index is 476. The summed E-state index contributed by atoms with van der Waals surface area (Å²) in [5.74, 6) is -0.202. The standard InChI is InChI=1S/C14H18BrFN2O2/c1-2-20-14(19)18-7-5-17(6-8-18)10-11-3-4-12(15)9-13(11)16/h3-4,9H,2,5-8,10H2,1H3. The molecule has 110 valence electrons. The first-order valence-electron chi connectivity index (χ1n) is 6.68. The van der Waals surface area contributed by atoms with Crippen LogP contribution in [-0.4, -0.2) is 48.7 Å². The molecule has 1 saturated heterocycles. The van der Waals surface area contributed by atoms with E-state index in [1.807, 2.05) is 6.07 Å². The van der Waals surface area contributed by atoms with E-state index in [-0.39, 0.29) is 11.9 Å². The summed E-state index contributed by atoms with van der Waals surface area (Å²) >= 11 is 3.25. The zero-order valence-corrected chi connectivity index (χ0v) is 13.0. The highest BCUT2D eigenvalue weighted by Gasteiger charge is 2.22. The molecular weight excluding hydrogens is 327 g/mol. The van der Waals surface area contributed by atoms with Crippen molar-refractivity contribution in [2.24, 2.45) is 0 Å². The van der Waals surface area contributed by atoms with Crippen LogP contribution in [0.4, 0.5) is 9.18 Å². The third kappa shape index (κ3) is 3.93. The predicted molar refractivity (Wildman–Crippen MR) is 78.0 cm³/mol. The molecule has 1 amide bonds. The van der Waals surface area contributed by atoms with Gasteiger partial charge in [0.2, 0.25) is 0 Å². The van der Waals surface area contributed by atoms with Gasteiger partial charge < -0.3 is 9.64 Å². The lowest BCUT2D eigenvalue weighted by Gasteiger charge is -2.34. The highest BCUT2D eigenvalue weighted by Crippen LogP contribution is 2.17. The number of hydrogen-bond donors (Lipinski definition) is 0. The Morgan fingerprint density at radius 1 is 1.35 bits per heavy atom. The third-order valence-electron chi connectivity index (χ3n) is 3.31. The molecule has 1 heterocycles. The van der Waals surface area contributed by atoms with E-state index < -0.39 is 0 Å². The van der Waals surface area contributed by atoms with Crippen LogP contribution in [0.15, 0.2) is 22.7 Å². The topological polar surface area (TPSA) is 32.8 Å². The average molecular weight is 345 g/mol. The van der Waals surface area contributed by atoms with Crippen LogP contribution in [0.2, 0.25) is 0 Å². The second-order valence-electron chi connectivity index (χ2n) is 4.70. The number of carbonyl (C=O) groups is 1. The molecule has 20 heavy (non-hydrogen) atoms. The van der Waals surface area contributed by atoms with E-state index in [2.05, 4.69) is 20.8 Å². The van der Waals surface area contributed by atoms with Crippen LogP contribution < -0.4 is 0 Å². The first-order chi connectivity index (χ1) is 9.60. The number of carbonyl (C=O) groups excluding carboxylic acids is 1. The number of nitrogens with zero attached hydrogens (tertiary/aromatic N) is 2. The van der Waals surface area contributed by atoms with Gasteiger partial charge in [0.05, 0.1) is 6.61 Å². The minimum absolute atomic E-state index is 0.202. The predicted octanol–water partition coefficient (Wildman–Crippen LogP) is 2.86. The van der Waals surface area contributed by atoms with E-state index in [4.69, 9.17) is 4.74 Å². The fraction of sp³-hybridized carbons (Fsp3) is 0.500. The lowest BCUT2D eigenvalue weighted by atomic mass is 10.2. The van der Waals surface area contributed by atoms with Crippen LogP contribution in [-0.2, 0) is 11.3 Å². The van der Waals surface area contributed by atoms with Crippen molar-refractivity contribution in [1.82, 2.24) is 9.80 Å².